The Morgan fingerprint density at radius 3 is 2.72 bits per heavy atom. The van der Waals surface area contributed by atoms with Crippen molar-refractivity contribution in [3.8, 4) is 34.7 Å². The summed E-state index contributed by atoms with van der Waals surface area (Å²) >= 11 is 0. The summed E-state index contributed by atoms with van der Waals surface area (Å²) in [5, 5.41) is 14.8. The molecule has 0 fully saturated rings. The molecule has 0 saturated carbocycles. The summed E-state index contributed by atoms with van der Waals surface area (Å²) in [5.74, 6) is 1.40. The number of aromatic nitrogens is 3. The first-order valence-corrected chi connectivity index (χ1v) is 12.0. The van der Waals surface area contributed by atoms with E-state index in [0.29, 0.717) is 54.0 Å². The molecule has 2 aromatic carbocycles. The lowest BCUT2D eigenvalue weighted by atomic mass is 10.1. The van der Waals surface area contributed by atoms with Crippen LogP contribution in [0.3, 0.4) is 0 Å². The largest absolute Gasteiger partial charge is 0.490 e. The summed E-state index contributed by atoms with van der Waals surface area (Å²) in [6.07, 6.45) is 2.88. The van der Waals surface area contributed by atoms with Crippen LogP contribution in [0.4, 0.5) is 0 Å². The molecule has 0 unspecified atom stereocenters. The average molecular weight is 487 g/mol. The van der Waals surface area contributed by atoms with Gasteiger partial charge in [0.25, 0.3) is 5.89 Å². The Morgan fingerprint density at radius 2 is 2.00 bits per heavy atom. The Bertz CT molecular complexity index is 1430. The minimum absolute atomic E-state index is 0.0423. The molecule has 0 saturated heterocycles. The molecule has 2 aromatic heterocycles. The second-order valence-electron chi connectivity index (χ2n) is 9.46. The lowest BCUT2D eigenvalue weighted by Gasteiger charge is -2.11. The maximum Gasteiger partial charge on any atom is 0.306 e. The molecule has 186 valence electrons. The second-order valence-corrected chi connectivity index (χ2v) is 9.46. The van der Waals surface area contributed by atoms with Crippen LogP contribution in [0.5, 0.6) is 5.75 Å². The van der Waals surface area contributed by atoms with E-state index in [1.54, 1.807) is 18.2 Å². The minimum Gasteiger partial charge on any atom is -0.490 e. The Kier molecular flexibility index (Phi) is 7.39. The van der Waals surface area contributed by atoms with Crippen molar-refractivity contribution < 1.29 is 18.8 Å². The highest BCUT2D eigenvalue weighted by Crippen LogP contribution is 2.33. The number of hydrogen-bond acceptors (Lipinski definition) is 7. The number of rotatable bonds is 9. The smallest absolute Gasteiger partial charge is 0.306 e. The highest BCUT2D eigenvalue weighted by atomic mass is 16.5. The standard InChI is InChI=1S/C28H30N4O4/c1-17(2)16-34-25(33)12-10-20-15-32(5)26-22(20)7-6-8-23(26)27-30-28(36-31-27)19-9-11-24(35-18(3)4)21(13-19)14-29/h6-9,11,13,15,17-18H,10,12,16H2,1-5H3. The number of benzene rings is 2. The van der Waals surface area contributed by atoms with Crippen LogP contribution in [-0.4, -0.2) is 33.4 Å². The van der Waals surface area contributed by atoms with Crippen LogP contribution < -0.4 is 4.74 Å². The lowest BCUT2D eigenvalue weighted by molar-refractivity contribution is -0.144. The number of aryl methyl sites for hydroxylation is 2. The maximum atomic E-state index is 12.1. The number of carbonyl (C=O) groups is 1. The normalized spacial score (nSPS) is 11.3. The number of nitrogens with zero attached hydrogens (tertiary/aromatic N) is 4. The molecule has 0 spiro atoms. The fourth-order valence-electron chi connectivity index (χ4n) is 4.06. The number of nitriles is 1. The molecule has 0 atom stereocenters. The first kappa shape index (κ1) is 25.0. The summed E-state index contributed by atoms with van der Waals surface area (Å²) in [6.45, 7) is 8.28. The van der Waals surface area contributed by atoms with E-state index in [1.807, 2.05) is 63.7 Å². The van der Waals surface area contributed by atoms with Gasteiger partial charge in [-0.05, 0) is 56.0 Å². The van der Waals surface area contributed by atoms with Gasteiger partial charge in [-0.2, -0.15) is 10.2 Å². The number of hydrogen-bond donors (Lipinski definition) is 0. The van der Waals surface area contributed by atoms with Crippen molar-refractivity contribution in [1.82, 2.24) is 14.7 Å². The van der Waals surface area contributed by atoms with Crippen molar-refractivity contribution in [1.29, 1.82) is 5.26 Å². The average Bonchev–Trinajstić information content (AvgIpc) is 3.46. The fraction of sp³-hybridized carbons (Fsp3) is 0.357. The SMILES string of the molecule is CC(C)COC(=O)CCc1cn(C)c2c(-c3noc(-c4ccc(OC(C)C)c(C#N)c4)n3)cccc12. The molecule has 0 radical (unpaired) electrons. The van der Waals surface area contributed by atoms with Crippen molar-refractivity contribution in [2.24, 2.45) is 13.0 Å². The van der Waals surface area contributed by atoms with Gasteiger partial charge in [-0.25, -0.2) is 0 Å². The fourth-order valence-corrected chi connectivity index (χ4v) is 4.06. The quantitative estimate of drug-likeness (QED) is 0.280. The van der Waals surface area contributed by atoms with Gasteiger partial charge >= 0.3 is 5.97 Å². The van der Waals surface area contributed by atoms with Crippen molar-refractivity contribution >= 4 is 16.9 Å². The van der Waals surface area contributed by atoms with Crippen LogP contribution in [0.2, 0.25) is 0 Å². The number of esters is 1. The predicted octanol–water partition coefficient (Wildman–Crippen LogP) is 5.69. The van der Waals surface area contributed by atoms with Crippen LogP contribution >= 0.6 is 0 Å². The Morgan fingerprint density at radius 1 is 1.19 bits per heavy atom. The van der Waals surface area contributed by atoms with Gasteiger partial charge in [0.2, 0.25) is 5.82 Å². The molecular weight excluding hydrogens is 456 g/mol. The number of ether oxygens (including phenoxy) is 2. The zero-order valence-electron chi connectivity index (χ0n) is 21.2. The lowest BCUT2D eigenvalue weighted by Crippen LogP contribution is -2.10. The van der Waals surface area contributed by atoms with E-state index < -0.39 is 0 Å². The first-order chi connectivity index (χ1) is 17.3. The molecule has 0 aliphatic carbocycles. The molecule has 8 heteroatoms. The third-order valence-electron chi connectivity index (χ3n) is 5.64. The molecule has 0 bridgehead atoms. The van der Waals surface area contributed by atoms with Gasteiger partial charge in [0.1, 0.15) is 11.8 Å². The summed E-state index contributed by atoms with van der Waals surface area (Å²) in [7, 11) is 1.96. The number of para-hydroxylation sites is 1. The van der Waals surface area contributed by atoms with Gasteiger partial charge in [0.05, 0.1) is 23.8 Å². The zero-order chi connectivity index (χ0) is 25.8. The van der Waals surface area contributed by atoms with Gasteiger partial charge in [-0.15, -0.1) is 0 Å². The van der Waals surface area contributed by atoms with E-state index in [-0.39, 0.29) is 12.1 Å². The van der Waals surface area contributed by atoms with E-state index in [4.69, 9.17) is 14.0 Å². The molecule has 0 N–H and O–H groups in total. The van der Waals surface area contributed by atoms with E-state index in [2.05, 4.69) is 16.2 Å². The summed E-state index contributed by atoms with van der Waals surface area (Å²) in [4.78, 5) is 16.7. The number of carbonyl (C=O) groups excluding carboxylic acids is 1. The van der Waals surface area contributed by atoms with Crippen LogP contribution in [0.25, 0.3) is 33.7 Å². The predicted molar refractivity (Wildman–Crippen MR) is 136 cm³/mol. The summed E-state index contributed by atoms with van der Waals surface area (Å²) in [5.41, 5.74) is 3.87. The highest BCUT2D eigenvalue weighted by molar-refractivity contribution is 5.95. The van der Waals surface area contributed by atoms with Crippen LogP contribution in [0, 0.1) is 17.2 Å². The van der Waals surface area contributed by atoms with Gasteiger partial charge in [0.15, 0.2) is 0 Å². The molecule has 2 heterocycles. The maximum absolute atomic E-state index is 12.1. The van der Waals surface area contributed by atoms with Crippen molar-refractivity contribution in [3.05, 3.63) is 53.7 Å². The van der Waals surface area contributed by atoms with Crippen LogP contribution in [-0.2, 0) is 23.0 Å². The monoisotopic (exact) mass is 486 g/mol. The first-order valence-electron chi connectivity index (χ1n) is 12.0. The van der Waals surface area contributed by atoms with E-state index in [9.17, 15) is 10.1 Å². The topological polar surface area (TPSA) is 103 Å². The zero-order valence-corrected chi connectivity index (χ0v) is 21.2. The Labute approximate surface area is 210 Å². The van der Waals surface area contributed by atoms with Gasteiger partial charge in [-0.1, -0.05) is 31.1 Å². The Hall–Kier alpha value is -4.12. The molecule has 0 aliphatic rings. The highest BCUT2D eigenvalue weighted by Gasteiger charge is 2.18. The third-order valence-corrected chi connectivity index (χ3v) is 5.64. The molecule has 8 nitrogen and oxygen atoms in total. The molecule has 0 amide bonds. The summed E-state index contributed by atoms with van der Waals surface area (Å²) < 4.78 is 18.6. The van der Waals surface area contributed by atoms with Crippen molar-refractivity contribution in [2.75, 3.05) is 6.61 Å². The molecule has 4 rings (SSSR count). The van der Waals surface area contributed by atoms with E-state index in [0.717, 1.165) is 22.0 Å². The van der Waals surface area contributed by atoms with Gasteiger partial charge < -0.3 is 18.6 Å². The second kappa shape index (κ2) is 10.6. The van der Waals surface area contributed by atoms with Crippen molar-refractivity contribution in [3.63, 3.8) is 0 Å². The van der Waals surface area contributed by atoms with Gasteiger partial charge in [0, 0.05) is 36.2 Å². The van der Waals surface area contributed by atoms with Crippen LogP contribution in [0.15, 0.2) is 47.1 Å². The summed E-state index contributed by atoms with van der Waals surface area (Å²) in [6, 6.07) is 13.3. The van der Waals surface area contributed by atoms with E-state index >= 15 is 0 Å². The molecule has 36 heavy (non-hydrogen) atoms. The van der Waals surface area contributed by atoms with Gasteiger partial charge in [-0.3, -0.25) is 4.79 Å². The van der Waals surface area contributed by atoms with Crippen LogP contribution in [0.1, 0.15) is 45.2 Å². The minimum atomic E-state index is -0.193. The Balaban J connectivity index is 1.61. The number of fused-ring (bicyclic) bond motifs is 1. The van der Waals surface area contributed by atoms with E-state index in [1.165, 1.54) is 0 Å². The molecular formula is C28H30N4O4. The molecule has 4 aromatic rings. The third kappa shape index (κ3) is 5.41. The van der Waals surface area contributed by atoms with Crippen molar-refractivity contribution in [2.45, 2.75) is 46.6 Å². The molecule has 0 aliphatic heterocycles.